The fourth-order valence-electron chi connectivity index (χ4n) is 5.13. The molecule has 1 aliphatic rings. The summed E-state index contributed by atoms with van der Waals surface area (Å²) in [5.41, 5.74) is 11.0. The number of aliphatic hydroxyl groups excluding tert-OH is 1. The first-order valence-electron chi connectivity index (χ1n) is 14.7. The minimum atomic E-state index is -4.87. The van der Waals surface area contributed by atoms with Gasteiger partial charge >= 0.3 is 6.36 Å². The number of amides is 3. The number of carbonyl (C=O) groups excluding carboxylic acids is 3. The number of ether oxygens (including phenoxy) is 1. The smallest absolute Gasteiger partial charge is 0.406 e. The molecule has 1 aromatic rings. The van der Waals surface area contributed by atoms with Crippen LogP contribution in [0, 0.1) is 11.3 Å². The highest BCUT2D eigenvalue weighted by Crippen LogP contribution is 2.40. The lowest BCUT2D eigenvalue weighted by Gasteiger charge is -2.37. The molecule has 12 heteroatoms. The Morgan fingerprint density at radius 3 is 2.37 bits per heavy atom. The molecule has 0 saturated carbocycles. The van der Waals surface area contributed by atoms with Gasteiger partial charge < -0.3 is 31.5 Å². The second-order valence-electron chi connectivity index (χ2n) is 11.5. The highest BCUT2D eigenvalue weighted by molar-refractivity contribution is 6.03. The number of rotatable bonds is 16. The summed E-state index contributed by atoms with van der Waals surface area (Å²) in [6.07, 6.45) is -1.70. The SMILES string of the molecule is CCCN(CCC)C(=O)C1=CC(C(N)=O)=CC(C[C@@H](O)[C@@H](N)Cc2cccc(OC(F)(F)F)c2)(C(=O)NCCC(C)C)C1. The average molecular weight is 611 g/mol. The molecule has 1 aromatic carbocycles. The zero-order valence-electron chi connectivity index (χ0n) is 25.4. The average Bonchev–Trinajstić information content (AvgIpc) is 2.91. The van der Waals surface area contributed by atoms with Crippen molar-refractivity contribution in [1.82, 2.24) is 10.2 Å². The van der Waals surface area contributed by atoms with Gasteiger partial charge in [-0.05, 0) is 68.2 Å². The van der Waals surface area contributed by atoms with E-state index in [0.29, 0.717) is 50.4 Å². The maximum absolute atomic E-state index is 13.8. The minimum Gasteiger partial charge on any atom is -0.406 e. The quantitative estimate of drug-likeness (QED) is 0.224. The van der Waals surface area contributed by atoms with E-state index >= 15 is 0 Å². The van der Waals surface area contributed by atoms with Crippen LogP contribution in [-0.2, 0) is 20.8 Å². The summed E-state index contributed by atoms with van der Waals surface area (Å²) in [7, 11) is 0. The van der Waals surface area contributed by atoms with E-state index in [1.807, 2.05) is 27.7 Å². The molecule has 0 aliphatic heterocycles. The molecule has 0 bridgehead atoms. The maximum atomic E-state index is 13.8. The summed E-state index contributed by atoms with van der Waals surface area (Å²) in [4.78, 5) is 41.5. The van der Waals surface area contributed by atoms with Gasteiger partial charge in [-0.2, -0.15) is 0 Å². The van der Waals surface area contributed by atoms with Crippen molar-refractivity contribution in [3.63, 3.8) is 0 Å². The first-order valence-corrected chi connectivity index (χ1v) is 14.7. The van der Waals surface area contributed by atoms with Crippen LogP contribution in [0.3, 0.4) is 0 Å². The molecule has 6 N–H and O–H groups in total. The predicted octanol–water partition coefficient (Wildman–Crippen LogP) is 3.75. The summed E-state index contributed by atoms with van der Waals surface area (Å²) in [5, 5.41) is 14.1. The normalized spacial score (nSPS) is 18.4. The van der Waals surface area contributed by atoms with Crippen LogP contribution in [-0.4, -0.2) is 65.9 Å². The number of carbonyl (C=O) groups is 3. The summed E-state index contributed by atoms with van der Waals surface area (Å²) >= 11 is 0. The molecule has 240 valence electrons. The predicted molar refractivity (Wildman–Crippen MR) is 157 cm³/mol. The number of alkyl halides is 3. The van der Waals surface area contributed by atoms with Crippen molar-refractivity contribution in [2.75, 3.05) is 19.6 Å². The third-order valence-corrected chi connectivity index (χ3v) is 7.23. The van der Waals surface area contributed by atoms with Crippen molar-refractivity contribution < 1.29 is 37.4 Å². The molecule has 3 amide bonds. The van der Waals surface area contributed by atoms with Crippen molar-refractivity contribution in [3.05, 3.63) is 53.1 Å². The third-order valence-electron chi connectivity index (χ3n) is 7.23. The van der Waals surface area contributed by atoms with Gasteiger partial charge in [-0.3, -0.25) is 14.4 Å². The first kappa shape index (κ1) is 35.8. The molecule has 0 radical (unpaired) electrons. The van der Waals surface area contributed by atoms with Gasteiger partial charge in [-0.1, -0.05) is 45.9 Å². The lowest BCUT2D eigenvalue weighted by atomic mass is 9.70. The van der Waals surface area contributed by atoms with Gasteiger partial charge in [0, 0.05) is 36.8 Å². The third kappa shape index (κ3) is 11.0. The Labute approximate surface area is 251 Å². The molecular formula is C31H45F3N4O5. The Kier molecular flexibility index (Phi) is 13.2. The van der Waals surface area contributed by atoms with Crippen LogP contribution in [0.2, 0.25) is 0 Å². The summed E-state index contributed by atoms with van der Waals surface area (Å²) in [5.74, 6) is -1.78. The van der Waals surface area contributed by atoms with Gasteiger partial charge in [-0.15, -0.1) is 13.2 Å². The second kappa shape index (κ2) is 15.9. The number of nitrogens with one attached hydrogen (secondary N) is 1. The van der Waals surface area contributed by atoms with E-state index in [0.717, 1.165) is 6.07 Å². The van der Waals surface area contributed by atoms with Crippen molar-refractivity contribution in [2.24, 2.45) is 22.8 Å². The summed E-state index contributed by atoms with van der Waals surface area (Å²) < 4.78 is 42.1. The maximum Gasteiger partial charge on any atom is 0.573 e. The topological polar surface area (TPSA) is 148 Å². The first-order chi connectivity index (χ1) is 20.1. The van der Waals surface area contributed by atoms with Crippen molar-refractivity contribution >= 4 is 17.7 Å². The molecule has 3 atom stereocenters. The lowest BCUT2D eigenvalue weighted by molar-refractivity contribution is -0.274. The number of hydrogen-bond donors (Lipinski definition) is 4. The van der Waals surface area contributed by atoms with Crippen molar-refractivity contribution in [2.45, 2.75) is 84.7 Å². The zero-order valence-corrected chi connectivity index (χ0v) is 25.4. The molecule has 2 rings (SSSR count). The van der Waals surface area contributed by atoms with E-state index in [1.54, 1.807) is 11.0 Å². The van der Waals surface area contributed by atoms with Crippen LogP contribution in [0.25, 0.3) is 0 Å². The van der Waals surface area contributed by atoms with Crippen LogP contribution in [0.1, 0.15) is 65.4 Å². The van der Waals surface area contributed by atoms with E-state index in [4.69, 9.17) is 11.5 Å². The Balaban J connectivity index is 2.43. The molecule has 0 saturated heterocycles. The van der Waals surface area contributed by atoms with E-state index in [9.17, 15) is 32.7 Å². The summed E-state index contributed by atoms with van der Waals surface area (Å²) in [6, 6.07) is 4.25. The van der Waals surface area contributed by atoms with Crippen LogP contribution in [0.5, 0.6) is 5.75 Å². The minimum absolute atomic E-state index is 0.0284. The number of nitrogens with two attached hydrogens (primary N) is 2. The number of hydrogen-bond acceptors (Lipinski definition) is 6. The molecule has 0 heterocycles. The Morgan fingerprint density at radius 2 is 1.81 bits per heavy atom. The molecule has 9 nitrogen and oxygen atoms in total. The van der Waals surface area contributed by atoms with Crippen LogP contribution in [0.4, 0.5) is 13.2 Å². The number of nitrogens with zero attached hydrogens (tertiary/aromatic N) is 1. The Bertz CT molecular complexity index is 1180. The van der Waals surface area contributed by atoms with Gasteiger partial charge in [0.05, 0.1) is 11.5 Å². The van der Waals surface area contributed by atoms with Crippen LogP contribution >= 0.6 is 0 Å². The van der Waals surface area contributed by atoms with Gasteiger partial charge in [-0.25, -0.2) is 0 Å². The van der Waals surface area contributed by atoms with Gasteiger partial charge in [0.25, 0.3) is 0 Å². The van der Waals surface area contributed by atoms with Gasteiger partial charge in [0.15, 0.2) is 0 Å². The standard InChI is InChI=1S/C31H45F3N4O5/c1-5-12-38(13-6-2)28(41)23-16-22(27(36)40)17-30(18-23,29(42)37-11-10-20(3)4)19-26(39)25(35)15-21-8-7-9-24(14-21)43-31(32,33)34/h7-9,14,16-17,20,25-26,39H,5-6,10-13,15,18-19,35H2,1-4H3,(H2,36,40)(H,37,42)/t25-,26+,30?/m0/s1. The molecular weight excluding hydrogens is 565 g/mol. The second-order valence-corrected chi connectivity index (χ2v) is 11.5. The van der Waals surface area contributed by atoms with Crippen molar-refractivity contribution in [1.29, 1.82) is 0 Å². The van der Waals surface area contributed by atoms with Crippen LogP contribution < -0.4 is 21.5 Å². The van der Waals surface area contributed by atoms with Crippen LogP contribution in [0.15, 0.2) is 47.6 Å². The number of aliphatic hydroxyl groups is 1. The molecule has 1 aliphatic carbocycles. The van der Waals surface area contributed by atoms with Crippen molar-refractivity contribution in [3.8, 4) is 5.75 Å². The highest BCUT2D eigenvalue weighted by Gasteiger charge is 2.44. The lowest BCUT2D eigenvalue weighted by Crippen LogP contribution is -2.49. The Morgan fingerprint density at radius 1 is 1.16 bits per heavy atom. The van der Waals surface area contributed by atoms with E-state index in [1.165, 1.54) is 24.3 Å². The fraction of sp³-hybridized carbons (Fsp3) is 0.581. The highest BCUT2D eigenvalue weighted by atomic mass is 19.4. The molecule has 43 heavy (non-hydrogen) atoms. The van der Waals surface area contributed by atoms with E-state index < -0.39 is 41.5 Å². The van der Waals surface area contributed by atoms with E-state index in [-0.39, 0.29) is 36.3 Å². The fourth-order valence-corrected chi connectivity index (χ4v) is 5.13. The Hall–Kier alpha value is -3.38. The number of primary amides is 1. The molecule has 0 fully saturated rings. The molecule has 0 spiro atoms. The summed E-state index contributed by atoms with van der Waals surface area (Å²) in [6.45, 7) is 9.18. The van der Waals surface area contributed by atoms with Gasteiger partial charge in [0.1, 0.15) is 5.75 Å². The molecule has 0 aromatic heterocycles. The number of halogens is 3. The van der Waals surface area contributed by atoms with E-state index in [2.05, 4.69) is 10.1 Å². The zero-order chi connectivity index (χ0) is 32.4. The van der Waals surface area contributed by atoms with Gasteiger partial charge in [0.2, 0.25) is 17.7 Å². The number of benzene rings is 1. The largest absolute Gasteiger partial charge is 0.573 e. The monoisotopic (exact) mass is 610 g/mol. The molecule has 1 unspecified atom stereocenters.